The summed E-state index contributed by atoms with van der Waals surface area (Å²) >= 11 is 3.31. The Labute approximate surface area is 93.2 Å². The minimum absolute atomic E-state index is 0.343. The Morgan fingerprint density at radius 1 is 1.53 bits per heavy atom. The molecule has 1 N–H and O–H groups in total. The van der Waals surface area contributed by atoms with E-state index in [1.54, 1.807) is 22.9 Å². The predicted molar refractivity (Wildman–Crippen MR) is 57.5 cm³/mol. The van der Waals surface area contributed by atoms with Gasteiger partial charge < -0.3 is 9.72 Å². The third-order valence-corrected chi connectivity index (χ3v) is 2.27. The van der Waals surface area contributed by atoms with E-state index in [9.17, 15) is 9.18 Å². The molecule has 4 nitrogen and oxygen atoms in total. The van der Waals surface area contributed by atoms with Gasteiger partial charge in [-0.15, -0.1) is 0 Å². The maximum atomic E-state index is 11.9. The summed E-state index contributed by atoms with van der Waals surface area (Å²) < 4.78 is 14.6. The van der Waals surface area contributed by atoms with Gasteiger partial charge in [0.25, 0.3) is 5.91 Å². The van der Waals surface area contributed by atoms with Gasteiger partial charge in [0, 0.05) is 10.7 Å². The summed E-state index contributed by atoms with van der Waals surface area (Å²) in [6.07, 6.45) is 3.42. The van der Waals surface area contributed by atoms with E-state index in [2.05, 4.69) is 26.2 Å². The molecule has 0 aromatic carbocycles. The molecule has 0 fully saturated rings. The van der Waals surface area contributed by atoms with Crippen molar-refractivity contribution in [2.75, 3.05) is 12.0 Å². The molecule has 15 heavy (non-hydrogen) atoms. The van der Waals surface area contributed by atoms with Crippen LogP contribution in [0.5, 0.6) is 0 Å². The summed E-state index contributed by atoms with van der Waals surface area (Å²) in [5, 5.41) is 2.34. The molecule has 0 aliphatic rings. The van der Waals surface area contributed by atoms with E-state index in [0.29, 0.717) is 11.5 Å². The fraction of sp³-hybridized carbons (Fsp3) is 0.111. The van der Waals surface area contributed by atoms with Crippen molar-refractivity contribution in [2.45, 2.75) is 0 Å². The van der Waals surface area contributed by atoms with Gasteiger partial charge in [0.05, 0.1) is 6.20 Å². The number of fused-ring (bicyclic) bond motifs is 1. The smallest absolute Gasteiger partial charge is 0.256 e. The Morgan fingerprint density at radius 2 is 2.33 bits per heavy atom. The van der Waals surface area contributed by atoms with Crippen molar-refractivity contribution in [3.05, 3.63) is 29.0 Å². The maximum absolute atomic E-state index is 11.9. The van der Waals surface area contributed by atoms with Gasteiger partial charge in [0.15, 0.2) is 12.5 Å². The fourth-order valence-corrected chi connectivity index (χ4v) is 1.55. The highest BCUT2D eigenvalue weighted by Gasteiger charge is 2.05. The summed E-state index contributed by atoms with van der Waals surface area (Å²) in [4.78, 5) is 14.9. The van der Waals surface area contributed by atoms with Crippen molar-refractivity contribution in [3.63, 3.8) is 0 Å². The second-order valence-corrected chi connectivity index (χ2v) is 3.84. The number of nitrogens with zero attached hydrogens (tertiary/aromatic N) is 2. The van der Waals surface area contributed by atoms with Gasteiger partial charge >= 0.3 is 0 Å². The van der Waals surface area contributed by atoms with Crippen molar-refractivity contribution in [2.24, 2.45) is 0 Å². The van der Waals surface area contributed by atoms with Gasteiger partial charge in [0.1, 0.15) is 5.65 Å². The van der Waals surface area contributed by atoms with E-state index in [-0.39, 0.29) is 0 Å². The lowest BCUT2D eigenvalue weighted by Crippen LogP contribution is -2.13. The van der Waals surface area contributed by atoms with Crippen molar-refractivity contribution >= 4 is 33.3 Å². The molecule has 2 rings (SSSR count). The lowest BCUT2D eigenvalue weighted by Gasteiger charge is -1.94. The van der Waals surface area contributed by atoms with Gasteiger partial charge in [-0.1, -0.05) is 0 Å². The fourth-order valence-electron chi connectivity index (χ4n) is 1.20. The molecule has 78 valence electrons. The van der Waals surface area contributed by atoms with Gasteiger partial charge in [-0.2, -0.15) is 0 Å². The van der Waals surface area contributed by atoms with E-state index in [4.69, 9.17) is 0 Å². The molecular formula is C9H7BrFN3O. The van der Waals surface area contributed by atoms with Crippen LogP contribution < -0.4 is 5.32 Å². The molecule has 0 unspecified atom stereocenters. The Balaban J connectivity index is 2.34. The van der Waals surface area contributed by atoms with Crippen LogP contribution in [-0.4, -0.2) is 22.0 Å². The lowest BCUT2D eigenvalue weighted by molar-refractivity contribution is -0.117. The highest BCUT2D eigenvalue weighted by Crippen LogP contribution is 2.14. The zero-order chi connectivity index (χ0) is 10.8. The van der Waals surface area contributed by atoms with E-state index < -0.39 is 12.6 Å². The van der Waals surface area contributed by atoms with Crippen molar-refractivity contribution in [1.29, 1.82) is 0 Å². The summed E-state index contributed by atoms with van der Waals surface area (Å²) in [6, 6.07) is 3.62. The Hall–Kier alpha value is -1.43. The maximum Gasteiger partial charge on any atom is 0.256 e. The molecular weight excluding hydrogens is 265 g/mol. The number of halogens is 2. The molecule has 2 aromatic heterocycles. The summed E-state index contributed by atoms with van der Waals surface area (Å²) in [6.45, 7) is -1.04. The zero-order valence-corrected chi connectivity index (χ0v) is 9.16. The highest BCUT2D eigenvalue weighted by atomic mass is 79.9. The molecule has 2 heterocycles. The average Bonchev–Trinajstić information content (AvgIpc) is 2.59. The molecule has 0 aliphatic carbocycles. The first kappa shape index (κ1) is 10.1. The Bertz CT molecular complexity index is 511. The number of anilines is 1. The molecule has 2 aromatic rings. The van der Waals surface area contributed by atoms with Crippen LogP contribution in [0.3, 0.4) is 0 Å². The van der Waals surface area contributed by atoms with Crippen LogP contribution in [0.4, 0.5) is 10.2 Å². The number of aromatic nitrogens is 2. The molecule has 6 heteroatoms. The molecule has 0 spiro atoms. The molecule has 0 saturated heterocycles. The summed E-state index contributed by atoms with van der Waals surface area (Å²) in [5.41, 5.74) is 0.687. The van der Waals surface area contributed by atoms with E-state index in [1.807, 2.05) is 6.07 Å². The number of hydrogen-bond acceptors (Lipinski definition) is 2. The molecule has 0 radical (unpaired) electrons. The number of alkyl halides is 1. The molecule has 0 atom stereocenters. The van der Waals surface area contributed by atoms with Crippen LogP contribution in [0.1, 0.15) is 0 Å². The number of amides is 1. The summed E-state index contributed by atoms with van der Waals surface area (Å²) in [7, 11) is 0. The normalized spacial score (nSPS) is 10.5. The first-order chi connectivity index (χ1) is 7.19. The minimum Gasteiger partial charge on any atom is -0.307 e. The predicted octanol–water partition coefficient (Wildman–Crippen LogP) is 2.00. The SMILES string of the molecule is O=C(CF)Nc1cn2cc(Br)ccc2n1. The van der Waals surface area contributed by atoms with Crippen molar-refractivity contribution in [3.8, 4) is 0 Å². The first-order valence-corrected chi connectivity index (χ1v) is 4.98. The van der Waals surface area contributed by atoms with Crippen LogP contribution >= 0.6 is 15.9 Å². The standard InChI is InChI=1S/C9H7BrFN3O/c10-6-1-2-8-12-7(5-14(8)4-6)13-9(15)3-11/h1-2,4-5H,3H2,(H,13,15). The second-order valence-electron chi connectivity index (χ2n) is 2.92. The van der Waals surface area contributed by atoms with Crippen LogP contribution in [0.2, 0.25) is 0 Å². The first-order valence-electron chi connectivity index (χ1n) is 4.19. The monoisotopic (exact) mass is 271 g/mol. The number of imidazole rings is 1. The van der Waals surface area contributed by atoms with Gasteiger partial charge in [-0.25, -0.2) is 9.37 Å². The van der Waals surface area contributed by atoms with Crippen molar-refractivity contribution in [1.82, 2.24) is 9.38 Å². The Kier molecular flexibility index (Phi) is 2.68. The average molecular weight is 272 g/mol. The highest BCUT2D eigenvalue weighted by molar-refractivity contribution is 9.10. The van der Waals surface area contributed by atoms with Gasteiger partial charge in [-0.3, -0.25) is 4.79 Å². The number of nitrogens with one attached hydrogen (secondary N) is 1. The number of pyridine rings is 1. The van der Waals surface area contributed by atoms with Crippen LogP contribution in [0, 0.1) is 0 Å². The number of carbonyl (C=O) groups is 1. The van der Waals surface area contributed by atoms with Gasteiger partial charge in [-0.05, 0) is 28.1 Å². The van der Waals surface area contributed by atoms with Crippen LogP contribution in [0.15, 0.2) is 29.0 Å². The van der Waals surface area contributed by atoms with Crippen molar-refractivity contribution < 1.29 is 9.18 Å². The molecule has 0 bridgehead atoms. The van der Waals surface area contributed by atoms with Crippen LogP contribution in [-0.2, 0) is 4.79 Å². The number of rotatable bonds is 2. The largest absolute Gasteiger partial charge is 0.307 e. The zero-order valence-electron chi connectivity index (χ0n) is 7.58. The summed E-state index contributed by atoms with van der Waals surface area (Å²) in [5.74, 6) is -0.353. The van der Waals surface area contributed by atoms with E-state index in [1.165, 1.54) is 0 Å². The van der Waals surface area contributed by atoms with Crippen LogP contribution in [0.25, 0.3) is 5.65 Å². The third kappa shape index (κ3) is 2.15. The molecule has 0 saturated carbocycles. The van der Waals surface area contributed by atoms with E-state index >= 15 is 0 Å². The van der Waals surface area contributed by atoms with Gasteiger partial charge in [0.2, 0.25) is 0 Å². The quantitative estimate of drug-likeness (QED) is 0.908. The second kappa shape index (κ2) is 3.98. The number of carbonyl (C=O) groups excluding carboxylic acids is 1. The molecule has 0 aliphatic heterocycles. The third-order valence-electron chi connectivity index (χ3n) is 1.80. The Morgan fingerprint density at radius 3 is 3.07 bits per heavy atom. The topological polar surface area (TPSA) is 46.4 Å². The molecule has 1 amide bonds. The van der Waals surface area contributed by atoms with E-state index in [0.717, 1.165) is 4.47 Å². The minimum atomic E-state index is -1.04. The lowest BCUT2D eigenvalue weighted by atomic mass is 10.5. The number of hydrogen-bond donors (Lipinski definition) is 1.